The van der Waals surface area contributed by atoms with Crippen LogP contribution < -0.4 is 0 Å². The number of rotatable bonds is 3. The van der Waals surface area contributed by atoms with Crippen LogP contribution in [0, 0.1) is 5.92 Å². The molecule has 1 fully saturated rings. The number of hydrogen-bond acceptors (Lipinski definition) is 2. The Morgan fingerprint density at radius 3 is 2.92 bits per heavy atom. The van der Waals surface area contributed by atoms with Crippen LogP contribution in [0.2, 0.25) is 0 Å². The van der Waals surface area contributed by atoms with E-state index in [9.17, 15) is 0 Å². The summed E-state index contributed by atoms with van der Waals surface area (Å²) in [4.78, 5) is 2.37. The molecule has 0 spiro atoms. The van der Waals surface area contributed by atoms with E-state index in [2.05, 4.69) is 29.9 Å². The van der Waals surface area contributed by atoms with Crippen molar-refractivity contribution in [1.82, 2.24) is 4.90 Å². The third kappa shape index (κ3) is 2.59. The zero-order valence-corrected chi connectivity index (χ0v) is 8.73. The number of likely N-dealkylation sites (tertiary alicyclic amines) is 1. The normalized spacial score (nSPS) is 23.8. The van der Waals surface area contributed by atoms with E-state index >= 15 is 0 Å². The lowest BCUT2D eigenvalue weighted by molar-refractivity contribution is 0.439. The van der Waals surface area contributed by atoms with Gasteiger partial charge in [0.2, 0.25) is 0 Å². The maximum atomic E-state index is 4.05. The Morgan fingerprint density at radius 2 is 2.42 bits per heavy atom. The minimum Gasteiger partial charge on any atom is -0.366 e. The van der Waals surface area contributed by atoms with Gasteiger partial charge >= 0.3 is 0 Å². The molecule has 1 nitrogen and oxygen atoms in total. The summed E-state index contributed by atoms with van der Waals surface area (Å²) in [7, 11) is 0. The van der Waals surface area contributed by atoms with Gasteiger partial charge in [-0.25, -0.2) is 0 Å². The number of hydrogen-bond donors (Lipinski definition) is 0. The molecule has 0 saturated carbocycles. The molecule has 0 aromatic rings. The molecule has 0 aliphatic carbocycles. The van der Waals surface area contributed by atoms with E-state index in [0.29, 0.717) is 0 Å². The van der Waals surface area contributed by atoms with Gasteiger partial charge in [0, 0.05) is 13.1 Å². The van der Waals surface area contributed by atoms with Crippen LogP contribution in [0.4, 0.5) is 0 Å². The summed E-state index contributed by atoms with van der Waals surface area (Å²) < 4.78 is 0. The lowest BCUT2D eigenvalue weighted by Crippen LogP contribution is -2.16. The summed E-state index contributed by atoms with van der Waals surface area (Å²) >= 11 is 1.73. The molecular weight excluding hydrogens is 166 g/mol. The minimum absolute atomic E-state index is 0.841. The lowest BCUT2D eigenvalue weighted by Gasteiger charge is -2.18. The third-order valence-corrected chi connectivity index (χ3v) is 3.06. The highest BCUT2D eigenvalue weighted by Crippen LogP contribution is 2.26. The average molecular weight is 183 g/mol. The summed E-state index contributed by atoms with van der Waals surface area (Å²) in [6.45, 7) is 10.7. The van der Waals surface area contributed by atoms with Gasteiger partial charge < -0.3 is 4.90 Å². The first kappa shape index (κ1) is 9.72. The van der Waals surface area contributed by atoms with Crippen LogP contribution in [0.3, 0.4) is 0 Å². The van der Waals surface area contributed by atoms with Crippen LogP contribution in [0.25, 0.3) is 0 Å². The number of allylic oxidation sites excluding steroid dienone is 1. The molecule has 1 heterocycles. The van der Waals surface area contributed by atoms with Crippen molar-refractivity contribution in [3.63, 3.8) is 0 Å². The van der Waals surface area contributed by atoms with Crippen molar-refractivity contribution >= 4 is 11.8 Å². The van der Waals surface area contributed by atoms with Crippen LogP contribution >= 0.6 is 11.8 Å². The van der Waals surface area contributed by atoms with Gasteiger partial charge in [0.1, 0.15) is 0 Å². The summed E-state index contributed by atoms with van der Waals surface area (Å²) in [6, 6.07) is 0. The highest BCUT2D eigenvalue weighted by atomic mass is 32.2. The van der Waals surface area contributed by atoms with Gasteiger partial charge in [-0.15, -0.1) is 0 Å². The second-order valence-corrected chi connectivity index (χ2v) is 4.30. The van der Waals surface area contributed by atoms with E-state index in [-0.39, 0.29) is 0 Å². The highest BCUT2D eigenvalue weighted by Gasteiger charge is 2.18. The number of thioether (sulfide) groups is 1. The molecule has 2 heteroatoms. The van der Waals surface area contributed by atoms with Crippen LogP contribution in [0.1, 0.15) is 20.3 Å². The molecule has 1 aliphatic rings. The molecule has 1 unspecified atom stereocenters. The van der Waals surface area contributed by atoms with Gasteiger partial charge in [0.25, 0.3) is 0 Å². The largest absolute Gasteiger partial charge is 0.366 e. The molecule has 0 amide bonds. The van der Waals surface area contributed by atoms with E-state index < -0.39 is 0 Å². The van der Waals surface area contributed by atoms with Crippen molar-refractivity contribution in [1.29, 1.82) is 0 Å². The molecule has 0 radical (unpaired) electrons. The predicted octanol–water partition coefficient (Wildman–Crippen LogP) is 3.07. The maximum absolute atomic E-state index is 4.05. The first-order valence-corrected chi connectivity index (χ1v) is 5.33. The van der Waals surface area contributed by atoms with Gasteiger partial charge in [-0.05, 0) is 24.7 Å². The molecule has 0 aromatic carbocycles. The van der Waals surface area contributed by atoms with Crippen molar-refractivity contribution in [2.45, 2.75) is 20.3 Å². The van der Waals surface area contributed by atoms with E-state index in [4.69, 9.17) is 0 Å². The molecule has 68 valence electrons. The van der Waals surface area contributed by atoms with Gasteiger partial charge in [0.05, 0.1) is 5.03 Å². The maximum Gasteiger partial charge on any atom is 0.0676 e. The fraction of sp³-hybridized carbons (Fsp3) is 0.600. The Hall–Kier alpha value is -0.370. The van der Waals surface area contributed by atoms with Crippen molar-refractivity contribution in [3.8, 4) is 0 Å². The van der Waals surface area contributed by atoms with Crippen molar-refractivity contribution in [3.05, 3.63) is 23.1 Å². The lowest BCUT2D eigenvalue weighted by atomic mass is 10.2. The number of nitrogens with zero attached hydrogens (tertiary/aromatic N) is 1. The molecule has 1 atom stereocenters. The van der Waals surface area contributed by atoms with Crippen LogP contribution in [0.15, 0.2) is 23.1 Å². The SMILES string of the molecule is C=C(S/C=C\C)N1CCC(C)C1. The molecule has 12 heavy (non-hydrogen) atoms. The van der Waals surface area contributed by atoms with Crippen LogP contribution in [-0.4, -0.2) is 18.0 Å². The molecule has 1 rings (SSSR count). The highest BCUT2D eigenvalue weighted by molar-refractivity contribution is 8.05. The Kier molecular flexibility index (Phi) is 3.73. The quantitative estimate of drug-likeness (QED) is 0.661. The molecule has 1 aliphatic heterocycles. The Morgan fingerprint density at radius 1 is 1.67 bits per heavy atom. The van der Waals surface area contributed by atoms with Crippen molar-refractivity contribution in [2.24, 2.45) is 5.92 Å². The summed E-state index contributed by atoms with van der Waals surface area (Å²) in [5, 5.41) is 3.28. The summed E-state index contributed by atoms with van der Waals surface area (Å²) in [6.07, 6.45) is 3.37. The van der Waals surface area contributed by atoms with Gasteiger partial charge in [0.15, 0.2) is 0 Å². The average Bonchev–Trinajstić information content (AvgIpc) is 2.47. The van der Waals surface area contributed by atoms with Crippen LogP contribution in [0.5, 0.6) is 0 Å². The summed E-state index contributed by atoms with van der Waals surface area (Å²) in [5.74, 6) is 0.841. The monoisotopic (exact) mass is 183 g/mol. The van der Waals surface area contributed by atoms with E-state index in [1.807, 2.05) is 6.92 Å². The first-order chi connectivity index (χ1) is 5.74. The standard InChI is InChI=1S/C10H17NS/c1-4-7-12-10(3)11-6-5-9(2)8-11/h4,7,9H,3,5-6,8H2,1-2H3/b7-4-. The fourth-order valence-corrected chi connectivity index (χ4v) is 1.99. The third-order valence-electron chi connectivity index (χ3n) is 2.12. The zero-order chi connectivity index (χ0) is 8.97. The van der Waals surface area contributed by atoms with E-state index in [1.54, 1.807) is 11.8 Å². The smallest absolute Gasteiger partial charge is 0.0676 e. The Bertz CT molecular complexity index is 186. The Labute approximate surface area is 79.5 Å². The zero-order valence-electron chi connectivity index (χ0n) is 7.92. The van der Waals surface area contributed by atoms with Crippen LogP contribution in [-0.2, 0) is 0 Å². The predicted molar refractivity (Wildman–Crippen MR) is 56.9 cm³/mol. The molecule has 0 aromatic heterocycles. The van der Waals surface area contributed by atoms with Crippen molar-refractivity contribution in [2.75, 3.05) is 13.1 Å². The molecule has 0 N–H and O–H groups in total. The van der Waals surface area contributed by atoms with Gasteiger partial charge in [-0.1, -0.05) is 31.3 Å². The fourth-order valence-electron chi connectivity index (χ4n) is 1.38. The summed E-state index contributed by atoms with van der Waals surface area (Å²) in [5.41, 5.74) is 0. The Balaban J connectivity index is 2.33. The second kappa shape index (κ2) is 4.61. The molecule has 0 bridgehead atoms. The minimum atomic E-state index is 0.841. The topological polar surface area (TPSA) is 3.24 Å². The van der Waals surface area contributed by atoms with Crippen molar-refractivity contribution < 1.29 is 0 Å². The first-order valence-electron chi connectivity index (χ1n) is 4.45. The van der Waals surface area contributed by atoms with E-state index in [1.165, 1.54) is 24.5 Å². The molecule has 1 saturated heterocycles. The van der Waals surface area contributed by atoms with E-state index in [0.717, 1.165) is 5.92 Å². The van der Waals surface area contributed by atoms with Gasteiger partial charge in [-0.2, -0.15) is 0 Å². The molecular formula is C10H17NS. The second-order valence-electron chi connectivity index (χ2n) is 3.32. The van der Waals surface area contributed by atoms with Gasteiger partial charge in [-0.3, -0.25) is 0 Å².